The summed E-state index contributed by atoms with van der Waals surface area (Å²) in [5.74, 6) is -0.0389. The van der Waals surface area contributed by atoms with Gasteiger partial charge in [-0.2, -0.15) is 12.6 Å². The molecule has 1 aromatic heterocycles. The van der Waals surface area contributed by atoms with Gasteiger partial charge in [-0.25, -0.2) is 4.98 Å². The molecule has 0 spiro atoms. The van der Waals surface area contributed by atoms with Crippen molar-refractivity contribution in [2.75, 3.05) is 5.75 Å². The summed E-state index contributed by atoms with van der Waals surface area (Å²) in [6, 6.07) is 11.2. The highest BCUT2D eigenvalue weighted by atomic mass is 32.1. The molecule has 0 atom stereocenters. The van der Waals surface area contributed by atoms with Crippen LogP contribution in [0.4, 0.5) is 0 Å². The molecule has 4 heteroatoms. The Bertz CT molecular complexity index is 499. The normalized spacial score (nSPS) is 10.2. The van der Waals surface area contributed by atoms with Crippen LogP contribution in [0.5, 0.6) is 5.88 Å². The molecular formula is C11H9NO2S. The summed E-state index contributed by atoms with van der Waals surface area (Å²) in [7, 11) is 0. The molecule has 0 saturated heterocycles. The summed E-state index contributed by atoms with van der Waals surface area (Å²) in [5.41, 5.74) is 0.807. The van der Waals surface area contributed by atoms with Gasteiger partial charge in [-0.05, 0) is 12.1 Å². The number of aromatic nitrogens is 1. The van der Waals surface area contributed by atoms with E-state index in [-0.39, 0.29) is 5.75 Å². The molecule has 0 aliphatic heterocycles. The molecule has 0 radical (unpaired) electrons. The zero-order chi connectivity index (χ0) is 10.7. The number of nitrogens with zero attached hydrogens (tertiary/aromatic N) is 1. The molecule has 0 N–H and O–H groups in total. The van der Waals surface area contributed by atoms with Crippen LogP contribution in [0.3, 0.4) is 0 Å². The molecule has 2 aromatic rings. The Morgan fingerprint density at radius 1 is 1.27 bits per heavy atom. The summed E-state index contributed by atoms with van der Waals surface area (Å²) >= 11 is 3.82. The third-order valence-corrected chi connectivity index (χ3v) is 2.18. The Hall–Kier alpha value is -1.55. The third kappa shape index (κ3) is 2.27. The second-order valence-corrected chi connectivity index (χ2v) is 3.29. The van der Waals surface area contributed by atoms with Gasteiger partial charge in [-0.15, -0.1) is 0 Å². The number of rotatable bonds is 2. The average Bonchev–Trinajstić information content (AvgIpc) is 2.29. The van der Waals surface area contributed by atoms with Crippen LogP contribution in [0, 0.1) is 0 Å². The number of pyridine rings is 1. The van der Waals surface area contributed by atoms with Gasteiger partial charge in [-0.1, -0.05) is 18.2 Å². The van der Waals surface area contributed by atoms with Crippen LogP contribution in [0.15, 0.2) is 36.4 Å². The molecule has 3 nitrogen and oxygen atoms in total. The molecule has 2 rings (SSSR count). The molecule has 15 heavy (non-hydrogen) atoms. The van der Waals surface area contributed by atoms with E-state index in [2.05, 4.69) is 17.6 Å². The van der Waals surface area contributed by atoms with Crippen LogP contribution in [0.2, 0.25) is 0 Å². The quantitative estimate of drug-likeness (QED) is 0.620. The number of benzene rings is 1. The standard InChI is InChI=1S/C11H9NO2S/c13-11(7-15)14-10-6-5-8-3-1-2-4-9(8)12-10/h1-6,15H,7H2. The van der Waals surface area contributed by atoms with Crippen molar-refractivity contribution in [3.8, 4) is 5.88 Å². The van der Waals surface area contributed by atoms with E-state index in [0.717, 1.165) is 10.9 Å². The Kier molecular flexibility index (Phi) is 2.87. The van der Waals surface area contributed by atoms with Crippen molar-refractivity contribution in [2.45, 2.75) is 0 Å². The number of thiol groups is 1. The molecular weight excluding hydrogens is 210 g/mol. The monoisotopic (exact) mass is 219 g/mol. The number of fused-ring (bicyclic) bond motifs is 1. The lowest BCUT2D eigenvalue weighted by molar-refractivity contribution is -0.131. The van der Waals surface area contributed by atoms with Gasteiger partial charge in [0.05, 0.1) is 11.3 Å². The fraction of sp³-hybridized carbons (Fsp3) is 0.0909. The van der Waals surface area contributed by atoms with Gasteiger partial charge in [0.25, 0.3) is 0 Å². The third-order valence-electron chi connectivity index (χ3n) is 1.92. The largest absolute Gasteiger partial charge is 0.407 e. The van der Waals surface area contributed by atoms with Crippen molar-refractivity contribution < 1.29 is 9.53 Å². The van der Waals surface area contributed by atoms with E-state index < -0.39 is 5.97 Å². The Morgan fingerprint density at radius 3 is 2.87 bits per heavy atom. The summed E-state index contributed by atoms with van der Waals surface area (Å²) in [5, 5.41) is 1.02. The van der Waals surface area contributed by atoms with E-state index in [1.165, 1.54) is 0 Å². The predicted octanol–water partition coefficient (Wildman–Crippen LogP) is 2.07. The highest BCUT2D eigenvalue weighted by molar-refractivity contribution is 7.81. The highest BCUT2D eigenvalue weighted by Crippen LogP contribution is 2.15. The first-order valence-electron chi connectivity index (χ1n) is 4.47. The molecule has 0 saturated carbocycles. The number of esters is 1. The minimum atomic E-state index is -0.402. The first-order chi connectivity index (χ1) is 7.29. The number of hydrogen-bond donors (Lipinski definition) is 1. The van der Waals surface area contributed by atoms with Crippen molar-refractivity contribution in [3.05, 3.63) is 36.4 Å². The Morgan fingerprint density at radius 2 is 2.07 bits per heavy atom. The molecule has 1 heterocycles. The summed E-state index contributed by atoms with van der Waals surface area (Å²) in [4.78, 5) is 15.2. The van der Waals surface area contributed by atoms with Crippen LogP contribution in [0.1, 0.15) is 0 Å². The maximum Gasteiger partial charge on any atom is 0.322 e. The predicted molar refractivity (Wildman–Crippen MR) is 61.2 cm³/mol. The Balaban J connectivity index is 2.34. The zero-order valence-corrected chi connectivity index (χ0v) is 8.78. The SMILES string of the molecule is O=C(CS)Oc1ccc2ccccc2n1. The second-order valence-electron chi connectivity index (χ2n) is 2.97. The molecule has 0 fully saturated rings. The van der Waals surface area contributed by atoms with Crippen LogP contribution < -0.4 is 4.74 Å². The number of carbonyl (C=O) groups excluding carboxylic acids is 1. The molecule has 0 aliphatic carbocycles. The van der Waals surface area contributed by atoms with Crippen molar-refractivity contribution in [1.82, 2.24) is 4.98 Å². The lowest BCUT2D eigenvalue weighted by Crippen LogP contribution is -2.09. The van der Waals surface area contributed by atoms with Crippen molar-refractivity contribution >= 4 is 29.5 Å². The van der Waals surface area contributed by atoms with Crippen molar-refractivity contribution in [1.29, 1.82) is 0 Å². The van der Waals surface area contributed by atoms with Gasteiger partial charge in [-0.3, -0.25) is 4.79 Å². The highest BCUT2D eigenvalue weighted by Gasteiger charge is 2.03. The van der Waals surface area contributed by atoms with Crippen molar-refractivity contribution in [3.63, 3.8) is 0 Å². The van der Waals surface area contributed by atoms with Crippen LogP contribution in [-0.2, 0) is 4.79 Å². The van der Waals surface area contributed by atoms with E-state index in [4.69, 9.17) is 4.74 Å². The van der Waals surface area contributed by atoms with E-state index in [0.29, 0.717) is 5.88 Å². The van der Waals surface area contributed by atoms with Crippen LogP contribution in [0.25, 0.3) is 10.9 Å². The van der Waals surface area contributed by atoms with Gasteiger partial charge >= 0.3 is 5.97 Å². The lowest BCUT2D eigenvalue weighted by Gasteiger charge is -2.02. The average molecular weight is 219 g/mol. The summed E-state index contributed by atoms with van der Waals surface area (Å²) < 4.78 is 4.95. The number of hydrogen-bond acceptors (Lipinski definition) is 4. The van der Waals surface area contributed by atoms with Gasteiger partial charge in [0.1, 0.15) is 0 Å². The zero-order valence-electron chi connectivity index (χ0n) is 7.88. The first-order valence-corrected chi connectivity index (χ1v) is 5.10. The minimum Gasteiger partial charge on any atom is -0.407 e. The fourth-order valence-corrected chi connectivity index (χ4v) is 1.32. The first kappa shape index (κ1) is 9.98. The lowest BCUT2D eigenvalue weighted by atomic mass is 10.2. The Labute approximate surface area is 92.5 Å². The second kappa shape index (κ2) is 4.31. The van der Waals surface area contributed by atoms with E-state index in [1.807, 2.05) is 30.3 Å². The number of para-hydroxylation sites is 1. The fourth-order valence-electron chi connectivity index (χ4n) is 1.25. The summed E-state index contributed by atoms with van der Waals surface area (Å²) in [6.07, 6.45) is 0. The number of carbonyl (C=O) groups is 1. The van der Waals surface area contributed by atoms with Gasteiger partial charge < -0.3 is 4.74 Å². The van der Waals surface area contributed by atoms with Crippen molar-refractivity contribution in [2.24, 2.45) is 0 Å². The molecule has 76 valence electrons. The number of ether oxygens (including phenoxy) is 1. The van der Waals surface area contributed by atoms with Gasteiger partial charge in [0, 0.05) is 11.5 Å². The van der Waals surface area contributed by atoms with Gasteiger partial charge in [0.15, 0.2) is 0 Å². The maximum atomic E-state index is 11.0. The molecule has 1 aromatic carbocycles. The summed E-state index contributed by atoms with van der Waals surface area (Å²) in [6.45, 7) is 0. The van der Waals surface area contributed by atoms with Crippen LogP contribution >= 0.6 is 12.6 Å². The van der Waals surface area contributed by atoms with Gasteiger partial charge in [0.2, 0.25) is 5.88 Å². The van der Waals surface area contributed by atoms with Crippen LogP contribution in [-0.4, -0.2) is 16.7 Å². The maximum absolute atomic E-state index is 11.0. The van der Waals surface area contributed by atoms with E-state index in [9.17, 15) is 4.79 Å². The van der Waals surface area contributed by atoms with E-state index >= 15 is 0 Å². The minimum absolute atomic E-state index is 0.0501. The molecule has 0 unspecified atom stereocenters. The van der Waals surface area contributed by atoms with E-state index in [1.54, 1.807) is 6.07 Å². The molecule has 0 bridgehead atoms. The molecule has 0 amide bonds. The topological polar surface area (TPSA) is 39.2 Å². The smallest absolute Gasteiger partial charge is 0.322 e. The molecule has 0 aliphatic rings.